The standard InChI is InChI=1S/C18H17Cl2N3S/c1-11-13(14-4-2-3-5-17(14)22-11)8-9-21-18(24)23-12-6-7-15(19)16(20)10-12/h2-7,10,22H,8-9H2,1H3,(H2,21,23,24). The van der Waals surface area contributed by atoms with Crippen molar-refractivity contribution in [2.75, 3.05) is 11.9 Å². The Bertz CT molecular complexity index is 889. The minimum atomic E-state index is 0.499. The van der Waals surface area contributed by atoms with Gasteiger partial charge in [-0.3, -0.25) is 0 Å². The lowest BCUT2D eigenvalue weighted by atomic mass is 10.1. The van der Waals surface area contributed by atoms with E-state index in [-0.39, 0.29) is 0 Å². The van der Waals surface area contributed by atoms with Gasteiger partial charge in [-0.15, -0.1) is 0 Å². The first-order valence-electron chi connectivity index (χ1n) is 7.60. The molecule has 124 valence electrons. The average Bonchev–Trinajstić information content (AvgIpc) is 2.87. The Kier molecular flexibility index (Phi) is 5.29. The number of thiocarbonyl (C=S) groups is 1. The summed E-state index contributed by atoms with van der Waals surface area (Å²) in [5.74, 6) is 0. The van der Waals surface area contributed by atoms with Gasteiger partial charge in [0.25, 0.3) is 0 Å². The molecular formula is C18H17Cl2N3S. The van der Waals surface area contributed by atoms with Crippen molar-refractivity contribution in [2.24, 2.45) is 0 Å². The van der Waals surface area contributed by atoms with Crippen LogP contribution in [-0.4, -0.2) is 16.6 Å². The van der Waals surface area contributed by atoms with Gasteiger partial charge >= 0.3 is 0 Å². The van der Waals surface area contributed by atoms with Crippen LogP contribution in [0.1, 0.15) is 11.3 Å². The van der Waals surface area contributed by atoms with Crippen molar-refractivity contribution in [3.05, 3.63) is 63.8 Å². The summed E-state index contributed by atoms with van der Waals surface area (Å²) < 4.78 is 0. The van der Waals surface area contributed by atoms with Crippen molar-refractivity contribution in [3.63, 3.8) is 0 Å². The van der Waals surface area contributed by atoms with Crippen LogP contribution in [0.5, 0.6) is 0 Å². The molecule has 0 bridgehead atoms. The Hall–Kier alpha value is -1.75. The van der Waals surface area contributed by atoms with Gasteiger partial charge < -0.3 is 15.6 Å². The maximum atomic E-state index is 6.00. The molecule has 1 aromatic heterocycles. The molecule has 0 saturated heterocycles. The summed E-state index contributed by atoms with van der Waals surface area (Å²) in [6.45, 7) is 2.84. The first-order chi connectivity index (χ1) is 11.5. The molecule has 3 N–H and O–H groups in total. The van der Waals surface area contributed by atoms with Gasteiger partial charge in [0, 0.05) is 28.8 Å². The van der Waals surface area contributed by atoms with Gasteiger partial charge in [0.05, 0.1) is 10.0 Å². The zero-order valence-corrected chi connectivity index (χ0v) is 15.4. The van der Waals surface area contributed by atoms with E-state index in [1.54, 1.807) is 12.1 Å². The Morgan fingerprint density at radius 2 is 1.92 bits per heavy atom. The summed E-state index contributed by atoms with van der Waals surface area (Å²) in [5.41, 5.74) is 4.49. The van der Waals surface area contributed by atoms with Crippen molar-refractivity contribution in [1.29, 1.82) is 0 Å². The summed E-state index contributed by atoms with van der Waals surface area (Å²) >= 11 is 17.2. The molecule has 0 saturated carbocycles. The van der Waals surface area contributed by atoms with Crippen LogP contribution in [0.15, 0.2) is 42.5 Å². The molecule has 0 atom stereocenters. The van der Waals surface area contributed by atoms with E-state index < -0.39 is 0 Å². The highest BCUT2D eigenvalue weighted by molar-refractivity contribution is 7.80. The molecular weight excluding hydrogens is 361 g/mol. The molecule has 0 fully saturated rings. The van der Waals surface area contributed by atoms with Crippen molar-refractivity contribution in [1.82, 2.24) is 10.3 Å². The fourth-order valence-corrected chi connectivity index (χ4v) is 3.23. The third-order valence-electron chi connectivity index (χ3n) is 3.87. The van der Waals surface area contributed by atoms with Gasteiger partial charge in [-0.25, -0.2) is 0 Å². The van der Waals surface area contributed by atoms with Gasteiger partial charge in [0.2, 0.25) is 0 Å². The van der Waals surface area contributed by atoms with Crippen molar-refractivity contribution < 1.29 is 0 Å². The van der Waals surface area contributed by atoms with E-state index >= 15 is 0 Å². The second kappa shape index (κ2) is 7.43. The predicted octanol–water partition coefficient (Wildman–Crippen LogP) is 5.31. The lowest BCUT2D eigenvalue weighted by Gasteiger charge is -2.11. The average molecular weight is 378 g/mol. The van der Waals surface area contributed by atoms with E-state index in [9.17, 15) is 0 Å². The molecule has 0 amide bonds. The van der Waals surface area contributed by atoms with Crippen LogP contribution in [0.2, 0.25) is 10.0 Å². The summed E-state index contributed by atoms with van der Waals surface area (Å²) in [6.07, 6.45) is 0.888. The number of aromatic amines is 1. The van der Waals surface area contributed by atoms with Crippen LogP contribution in [0.3, 0.4) is 0 Å². The summed E-state index contributed by atoms with van der Waals surface area (Å²) in [4.78, 5) is 3.41. The Labute approximate surface area is 156 Å². The van der Waals surface area contributed by atoms with Gasteiger partial charge in [0.1, 0.15) is 0 Å². The second-order valence-corrected chi connectivity index (χ2v) is 6.76. The number of halogens is 2. The monoisotopic (exact) mass is 377 g/mol. The smallest absolute Gasteiger partial charge is 0.170 e. The van der Waals surface area contributed by atoms with Crippen LogP contribution in [0, 0.1) is 6.92 Å². The molecule has 3 rings (SSSR count). The molecule has 1 heterocycles. The highest BCUT2D eigenvalue weighted by atomic mass is 35.5. The van der Waals surface area contributed by atoms with E-state index in [1.807, 2.05) is 12.1 Å². The number of aryl methyl sites for hydroxylation is 1. The maximum absolute atomic E-state index is 6.00. The third kappa shape index (κ3) is 3.83. The molecule has 24 heavy (non-hydrogen) atoms. The predicted molar refractivity (Wildman–Crippen MR) is 107 cm³/mol. The second-order valence-electron chi connectivity index (χ2n) is 5.53. The fraction of sp³-hybridized carbons (Fsp3) is 0.167. The normalized spacial score (nSPS) is 10.8. The van der Waals surface area contributed by atoms with E-state index in [0.717, 1.165) is 18.7 Å². The fourth-order valence-electron chi connectivity index (χ4n) is 2.71. The number of nitrogens with one attached hydrogen (secondary N) is 3. The van der Waals surface area contributed by atoms with Crippen molar-refractivity contribution >= 4 is 57.1 Å². The van der Waals surface area contributed by atoms with E-state index in [0.29, 0.717) is 15.2 Å². The van der Waals surface area contributed by atoms with Crippen LogP contribution in [-0.2, 0) is 6.42 Å². The highest BCUT2D eigenvalue weighted by Crippen LogP contribution is 2.25. The zero-order valence-electron chi connectivity index (χ0n) is 13.1. The van der Waals surface area contributed by atoms with Crippen molar-refractivity contribution in [2.45, 2.75) is 13.3 Å². The maximum Gasteiger partial charge on any atom is 0.170 e. The van der Waals surface area contributed by atoms with E-state index in [4.69, 9.17) is 35.4 Å². The molecule has 3 nitrogen and oxygen atoms in total. The van der Waals surface area contributed by atoms with E-state index in [2.05, 4.69) is 40.7 Å². The number of benzene rings is 2. The zero-order chi connectivity index (χ0) is 17.1. The quantitative estimate of drug-likeness (QED) is 0.539. The van der Waals surface area contributed by atoms with Gasteiger partial charge in [0.15, 0.2) is 5.11 Å². The minimum Gasteiger partial charge on any atom is -0.362 e. The Balaban J connectivity index is 1.58. The Morgan fingerprint density at radius 1 is 1.12 bits per heavy atom. The van der Waals surface area contributed by atoms with Gasteiger partial charge in [-0.05, 0) is 55.4 Å². The summed E-state index contributed by atoms with van der Waals surface area (Å²) in [5, 5.41) is 9.19. The molecule has 0 unspecified atom stereocenters. The molecule has 0 aliphatic carbocycles. The topological polar surface area (TPSA) is 39.9 Å². The first-order valence-corrected chi connectivity index (χ1v) is 8.77. The van der Waals surface area contributed by atoms with E-state index in [1.165, 1.54) is 22.2 Å². The molecule has 0 spiro atoms. The highest BCUT2D eigenvalue weighted by Gasteiger charge is 2.08. The molecule has 0 aliphatic rings. The minimum absolute atomic E-state index is 0.499. The van der Waals surface area contributed by atoms with Crippen LogP contribution in [0.25, 0.3) is 10.9 Å². The number of anilines is 1. The lowest BCUT2D eigenvalue weighted by Crippen LogP contribution is -2.30. The Morgan fingerprint density at radius 3 is 2.71 bits per heavy atom. The SMILES string of the molecule is Cc1[nH]c2ccccc2c1CCNC(=S)Nc1ccc(Cl)c(Cl)c1. The summed E-state index contributed by atoms with van der Waals surface area (Å²) in [6, 6.07) is 13.7. The van der Waals surface area contributed by atoms with Crippen LogP contribution >= 0.6 is 35.4 Å². The molecule has 3 aromatic rings. The van der Waals surface area contributed by atoms with Gasteiger partial charge in [-0.2, -0.15) is 0 Å². The number of hydrogen-bond donors (Lipinski definition) is 3. The summed E-state index contributed by atoms with van der Waals surface area (Å²) in [7, 11) is 0. The molecule has 2 aromatic carbocycles. The molecule has 0 radical (unpaired) electrons. The third-order valence-corrected chi connectivity index (χ3v) is 4.85. The van der Waals surface area contributed by atoms with Crippen LogP contribution in [0.4, 0.5) is 5.69 Å². The number of para-hydroxylation sites is 1. The first kappa shape index (κ1) is 17.1. The number of H-pyrrole nitrogens is 1. The largest absolute Gasteiger partial charge is 0.362 e. The molecule has 6 heteroatoms. The number of rotatable bonds is 4. The lowest BCUT2D eigenvalue weighted by molar-refractivity contribution is 0.871. The number of aromatic nitrogens is 1. The van der Waals surface area contributed by atoms with Crippen molar-refractivity contribution in [3.8, 4) is 0 Å². The van der Waals surface area contributed by atoms with Crippen LogP contribution < -0.4 is 10.6 Å². The number of hydrogen-bond acceptors (Lipinski definition) is 1. The molecule has 0 aliphatic heterocycles. The van der Waals surface area contributed by atoms with Gasteiger partial charge in [-0.1, -0.05) is 41.4 Å². The number of fused-ring (bicyclic) bond motifs is 1.